The fourth-order valence-corrected chi connectivity index (χ4v) is 1.99. The van der Waals surface area contributed by atoms with Crippen molar-refractivity contribution in [3.8, 4) is 0 Å². The first-order valence-corrected chi connectivity index (χ1v) is 5.23. The highest BCUT2D eigenvalue weighted by Gasteiger charge is 2.27. The predicted molar refractivity (Wildman–Crippen MR) is 58.7 cm³/mol. The van der Waals surface area contributed by atoms with Crippen molar-refractivity contribution in [1.82, 2.24) is 9.55 Å². The first-order valence-electron chi connectivity index (χ1n) is 5.23. The van der Waals surface area contributed by atoms with Crippen molar-refractivity contribution < 1.29 is 0 Å². The molecule has 3 N–H and O–H groups in total. The van der Waals surface area contributed by atoms with Gasteiger partial charge in [0.05, 0.1) is 11.0 Å². The molecule has 0 aliphatic heterocycles. The monoisotopic (exact) mass is 203 g/mol. The molecule has 0 radical (unpaired) electrons. The van der Waals surface area contributed by atoms with Gasteiger partial charge in [0.15, 0.2) is 0 Å². The third-order valence-electron chi connectivity index (χ3n) is 2.93. The number of aromatic nitrogens is 2. The van der Waals surface area contributed by atoms with E-state index in [1.165, 1.54) is 0 Å². The summed E-state index contributed by atoms with van der Waals surface area (Å²) >= 11 is 0. The molecule has 4 heteroatoms. The molecule has 2 aromatic rings. The number of rotatable bonds is 2. The average Bonchev–Trinajstić information content (AvgIpc) is 3.00. The Kier molecular flexibility index (Phi) is 1.73. The van der Waals surface area contributed by atoms with Crippen LogP contribution in [0.25, 0.3) is 11.0 Å². The lowest BCUT2D eigenvalue weighted by Crippen LogP contribution is -2.15. The van der Waals surface area contributed by atoms with Crippen LogP contribution in [0.5, 0.6) is 0 Å². The zero-order valence-corrected chi connectivity index (χ0v) is 8.36. The number of fused-ring (bicyclic) bond motifs is 1. The second-order valence-electron chi connectivity index (χ2n) is 4.09. The minimum Gasteiger partial charge on any atom is -0.326 e. The summed E-state index contributed by atoms with van der Waals surface area (Å²) in [6.07, 6.45) is 2.22. The summed E-state index contributed by atoms with van der Waals surface area (Å²) in [6, 6.07) is 6.29. The van der Waals surface area contributed by atoms with Gasteiger partial charge in [-0.2, -0.15) is 0 Å². The van der Waals surface area contributed by atoms with Gasteiger partial charge in [0.25, 0.3) is 0 Å². The van der Waals surface area contributed by atoms with Crippen LogP contribution in [0.1, 0.15) is 24.4 Å². The first kappa shape index (κ1) is 8.73. The average molecular weight is 203 g/mol. The van der Waals surface area contributed by atoms with Crippen LogP contribution in [0.4, 0.5) is 0 Å². The lowest BCUT2D eigenvalue weighted by Gasteiger charge is -2.01. The molecule has 1 heterocycles. The van der Waals surface area contributed by atoms with Crippen molar-refractivity contribution in [2.24, 2.45) is 5.73 Å². The molecule has 0 atom stereocenters. The number of aromatic amines is 1. The van der Waals surface area contributed by atoms with E-state index in [0.717, 1.165) is 29.4 Å². The smallest absolute Gasteiger partial charge is 0.326 e. The van der Waals surface area contributed by atoms with Crippen LogP contribution >= 0.6 is 0 Å². The zero-order chi connectivity index (χ0) is 10.4. The largest absolute Gasteiger partial charge is 0.326 e. The quantitative estimate of drug-likeness (QED) is 0.768. The molecule has 15 heavy (non-hydrogen) atoms. The summed E-state index contributed by atoms with van der Waals surface area (Å²) in [5.41, 5.74) is 8.56. The van der Waals surface area contributed by atoms with E-state index in [2.05, 4.69) is 4.98 Å². The van der Waals surface area contributed by atoms with Crippen LogP contribution in [-0.2, 0) is 6.54 Å². The van der Waals surface area contributed by atoms with Crippen molar-refractivity contribution in [3.05, 3.63) is 34.2 Å². The van der Waals surface area contributed by atoms with E-state index < -0.39 is 0 Å². The third kappa shape index (κ3) is 1.29. The highest BCUT2D eigenvalue weighted by Crippen LogP contribution is 2.35. The Labute approximate surface area is 86.7 Å². The first-order chi connectivity index (χ1) is 7.29. The molecule has 0 saturated heterocycles. The minimum atomic E-state index is 0.00155. The molecule has 78 valence electrons. The maximum atomic E-state index is 11.7. The van der Waals surface area contributed by atoms with Crippen LogP contribution < -0.4 is 11.4 Å². The van der Waals surface area contributed by atoms with Crippen molar-refractivity contribution in [3.63, 3.8) is 0 Å². The molecule has 1 aliphatic rings. The molecule has 1 aromatic heterocycles. The van der Waals surface area contributed by atoms with Crippen LogP contribution in [0.3, 0.4) is 0 Å². The van der Waals surface area contributed by atoms with E-state index in [1.54, 1.807) is 0 Å². The lowest BCUT2D eigenvalue weighted by molar-refractivity contribution is 0.733. The maximum absolute atomic E-state index is 11.7. The maximum Gasteiger partial charge on any atom is 0.326 e. The summed E-state index contributed by atoms with van der Waals surface area (Å²) in [5, 5.41) is 0. The molecule has 1 saturated carbocycles. The van der Waals surface area contributed by atoms with E-state index in [0.29, 0.717) is 12.6 Å². The van der Waals surface area contributed by atoms with Gasteiger partial charge in [-0.3, -0.25) is 4.57 Å². The summed E-state index contributed by atoms with van der Waals surface area (Å²) in [4.78, 5) is 14.6. The fraction of sp³-hybridized carbons (Fsp3) is 0.364. The lowest BCUT2D eigenvalue weighted by atomic mass is 10.2. The highest BCUT2D eigenvalue weighted by molar-refractivity contribution is 5.76. The number of hydrogen-bond acceptors (Lipinski definition) is 2. The summed E-state index contributed by atoms with van der Waals surface area (Å²) in [6.45, 7) is 0.514. The second-order valence-corrected chi connectivity index (χ2v) is 4.09. The Hall–Kier alpha value is -1.55. The van der Waals surface area contributed by atoms with Gasteiger partial charge in [0.1, 0.15) is 0 Å². The Morgan fingerprint density at radius 2 is 2.27 bits per heavy atom. The SMILES string of the molecule is NCc1ccc2[nH]c(=O)n(C3CC3)c2c1. The summed E-state index contributed by atoms with van der Waals surface area (Å²) in [7, 11) is 0. The molecular weight excluding hydrogens is 190 g/mol. The number of H-pyrrole nitrogens is 1. The molecule has 3 rings (SSSR count). The van der Waals surface area contributed by atoms with Crippen molar-refractivity contribution in [1.29, 1.82) is 0 Å². The molecule has 0 amide bonds. The topological polar surface area (TPSA) is 63.8 Å². The standard InChI is InChI=1S/C11H13N3O/c12-6-7-1-4-9-10(5-7)14(8-2-3-8)11(15)13-9/h1,4-5,8H,2-3,6,12H2,(H,13,15). The Morgan fingerprint density at radius 1 is 1.47 bits per heavy atom. The van der Waals surface area contributed by atoms with Gasteiger partial charge in [-0.05, 0) is 30.5 Å². The number of nitrogens with zero attached hydrogens (tertiary/aromatic N) is 1. The van der Waals surface area contributed by atoms with Crippen molar-refractivity contribution >= 4 is 11.0 Å². The molecular formula is C11H13N3O. The van der Waals surface area contributed by atoms with Gasteiger partial charge in [-0.1, -0.05) is 6.07 Å². The molecule has 0 unspecified atom stereocenters. The van der Waals surface area contributed by atoms with Gasteiger partial charge in [-0.25, -0.2) is 4.79 Å². The second kappa shape index (κ2) is 2.97. The van der Waals surface area contributed by atoms with Crippen molar-refractivity contribution in [2.75, 3.05) is 0 Å². The van der Waals surface area contributed by atoms with Gasteiger partial charge in [0.2, 0.25) is 0 Å². The molecule has 1 aromatic carbocycles. The van der Waals surface area contributed by atoms with Gasteiger partial charge in [0, 0.05) is 12.6 Å². The summed E-state index contributed by atoms with van der Waals surface area (Å²) < 4.78 is 1.86. The van der Waals surface area contributed by atoms with E-state index in [9.17, 15) is 4.79 Å². The van der Waals surface area contributed by atoms with E-state index >= 15 is 0 Å². The number of hydrogen-bond donors (Lipinski definition) is 2. The minimum absolute atomic E-state index is 0.00155. The Bertz CT molecular complexity index is 563. The normalized spacial score (nSPS) is 16.1. The van der Waals surface area contributed by atoms with Crippen LogP contribution in [0.2, 0.25) is 0 Å². The number of nitrogens with one attached hydrogen (secondary N) is 1. The molecule has 1 fully saturated rings. The van der Waals surface area contributed by atoms with E-state index in [-0.39, 0.29) is 5.69 Å². The van der Waals surface area contributed by atoms with Gasteiger partial charge < -0.3 is 10.7 Å². The van der Waals surface area contributed by atoms with E-state index in [1.807, 2.05) is 22.8 Å². The predicted octanol–water partition coefficient (Wildman–Crippen LogP) is 1.12. The van der Waals surface area contributed by atoms with Crippen molar-refractivity contribution in [2.45, 2.75) is 25.4 Å². The number of benzene rings is 1. The zero-order valence-electron chi connectivity index (χ0n) is 8.36. The number of nitrogens with two attached hydrogens (primary N) is 1. The Morgan fingerprint density at radius 3 is 2.93 bits per heavy atom. The van der Waals surface area contributed by atoms with Crippen LogP contribution in [0.15, 0.2) is 23.0 Å². The molecule has 4 nitrogen and oxygen atoms in total. The van der Waals surface area contributed by atoms with Crippen LogP contribution in [0, 0.1) is 0 Å². The van der Waals surface area contributed by atoms with Gasteiger partial charge >= 0.3 is 5.69 Å². The third-order valence-corrected chi connectivity index (χ3v) is 2.93. The number of imidazole rings is 1. The molecule has 0 spiro atoms. The fourth-order valence-electron chi connectivity index (χ4n) is 1.99. The highest BCUT2D eigenvalue weighted by atomic mass is 16.1. The molecule has 0 bridgehead atoms. The molecule has 1 aliphatic carbocycles. The van der Waals surface area contributed by atoms with E-state index in [4.69, 9.17) is 5.73 Å². The van der Waals surface area contributed by atoms with Gasteiger partial charge in [-0.15, -0.1) is 0 Å². The Balaban J connectivity index is 2.31. The van der Waals surface area contributed by atoms with Crippen LogP contribution in [-0.4, -0.2) is 9.55 Å². The summed E-state index contributed by atoms with van der Waals surface area (Å²) in [5.74, 6) is 0.